The maximum Gasteiger partial charge on any atom is 0.453 e. The largest absolute Gasteiger partial charge is 0.453 e. The third kappa shape index (κ3) is 3.59. The van der Waals surface area contributed by atoms with Gasteiger partial charge in [-0.1, -0.05) is 48.5 Å². The molecule has 0 radical (unpaired) electrons. The molecule has 8 heteroatoms. The van der Waals surface area contributed by atoms with Crippen LogP contribution in [-0.4, -0.2) is 19.8 Å². The standard InChI is InChI=1S/C19H13F3N4O/c20-19(21,22)18-24-23-16-10-11-17(25-26(16)18)27-15-9-5-4-8-14(15)12-13-6-2-1-3-7-13/h1-11H,12H2. The summed E-state index contributed by atoms with van der Waals surface area (Å²) >= 11 is 0. The fourth-order valence-corrected chi connectivity index (χ4v) is 2.68. The van der Waals surface area contributed by atoms with E-state index in [2.05, 4.69) is 15.3 Å². The fraction of sp³-hybridized carbons (Fsp3) is 0.105. The van der Waals surface area contributed by atoms with E-state index in [1.165, 1.54) is 12.1 Å². The first-order valence-corrected chi connectivity index (χ1v) is 8.10. The molecule has 0 unspecified atom stereocenters. The van der Waals surface area contributed by atoms with E-state index in [0.717, 1.165) is 11.1 Å². The van der Waals surface area contributed by atoms with Crippen molar-refractivity contribution in [3.05, 3.63) is 83.7 Å². The molecule has 4 aromatic rings. The van der Waals surface area contributed by atoms with Gasteiger partial charge in [0.05, 0.1) is 0 Å². The zero-order chi connectivity index (χ0) is 18.9. The Morgan fingerprint density at radius 2 is 1.59 bits per heavy atom. The van der Waals surface area contributed by atoms with Gasteiger partial charge in [0.25, 0.3) is 5.82 Å². The second-order valence-electron chi connectivity index (χ2n) is 5.84. The number of alkyl halides is 3. The molecule has 0 aliphatic heterocycles. The Balaban J connectivity index is 1.66. The van der Waals surface area contributed by atoms with Crippen LogP contribution in [0.2, 0.25) is 0 Å². The van der Waals surface area contributed by atoms with Crippen molar-refractivity contribution < 1.29 is 17.9 Å². The summed E-state index contributed by atoms with van der Waals surface area (Å²) in [5, 5.41) is 10.5. The first-order valence-electron chi connectivity index (χ1n) is 8.10. The van der Waals surface area contributed by atoms with Gasteiger partial charge in [-0.25, -0.2) is 0 Å². The number of aromatic nitrogens is 4. The second kappa shape index (κ2) is 6.71. The SMILES string of the molecule is FC(F)(F)c1nnc2ccc(Oc3ccccc3Cc3ccccc3)nn12. The summed E-state index contributed by atoms with van der Waals surface area (Å²) in [6.45, 7) is 0. The Labute approximate surface area is 152 Å². The number of para-hydroxylation sites is 1. The van der Waals surface area contributed by atoms with Crippen molar-refractivity contribution >= 4 is 5.65 Å². The molecule has 5 nitrogen and oxygen atoms in total. The Morgan fingerprint density at radius 1 is 0.852 bits per heavy atom. The molecule has 2 aromatic carbocycles. The van der Waals surface area contributed by atoms with Crippen LogP contribution in [0.1, 0.15) is 17.0 Å². The monoisotopic (exact) mass is 370 g/mol. The molecule has 0 saturated heterocycles. The quantitative estimate of drug-likeness (QED) is 0.530. The van der Waals surface area contributed by atoms with E-state index in [-0.39, 0.29) is 11.5 Å². The molecular weight excluding hydrogens is 357 g/mol. The summed E-state index contributed by atoms with van der Waals surface area (Å²) in [6, 6.07) is 20.0. The second-order valence-corrected chi connectivity index (χ2v) is 5.84. The van der Waals surface area contributed by atoms with E-state index < -0.39 is 12.0 Å². The summed E-state index contributed by atoms with van der Waals surface area (Å²) < 4.78 is 45.4. The van der Waals surface area contributed by atoms with E-state index in [1.807, 2.05) is 42.5 Å². The third-order valence-corrected chi connectivity index (χ3v) is 3.92. The molecule has 27 heavy (non-hydrogen) atoms. The normalized spacial score (nSPS) is 11.7. The lowest BCUT2D eigenvalue weighted by atomic mass is 10.0. The summed E-state index contributed by atoms with van der Waals surface area (Å²) in [4.78, 5) is 0. The number of fused-ring (bicyclic) bond motifs is 1. The van der Waals surface area contributed by atoms with Crippen molar-refractivity contribution in [2.24, 2.45) is 0 Å². The summed E-state index contributed by atoms with van der Waals surface area (Å²) in [5.74, 6) is -0.649. The number of halogens is 3. The molecule has 0 spiro atoms. The summed E-state index contributed by atoms with van der Waals surface area (Å²) in [7, 11) is 0. The molecule has 0 N–H and O–H groups in total. The molecule has 0 aliphatic carbocycles. The van der Waals surface area contributed by atoms with Gasteiger partial charge in [0.15, 0.2) is 5.65 Å². The maximum atomic E-state index is 13.0. The number of hydrogen-bond acceptors (Lipinski definition) is 4. The highest BCUT2D eigenvalue weighted by Crippen LogP contribution is 2.29. The summed E-state index contributed by atoms with van der Waals surface area (Å²) in [6.07, 6.45) is -4.03. The van der Waals surface area contributed by atoms with E-state index in [1.54, 1.807) is 12.1 Å². The molecule has 2 heterocycles. The van der Waals surface area contributed by atoms with E-state index in [9.17, 15) is 13.2 Å². The number of benzene rings is 2. The van der Waals surface area contributed by atoms with Crippen LogP contribution in [-0.2, 0) is 12.6 Å². The average Bonchev–Trinajstić information content (AvgIpc) is 3.08. The highest BCUT2D eigenvalue weighted by molar-refractivity contribution is 5.42. The van der Waals surface area contributed by atoms with Crippen LogP contribution in [0.15, 0.2) is 66.7 Å². The van der Waals surface area contributed by atoms with Crippen molar-refractivity contribution in [2.45, 2.75) is 12.6 Å². The zero-order valence-electron chi connectivity index (χ0n) is 13.9. The van der Waals surface area contributed by atoms with Crippen molar-refractivity contribution in [1.82, 2.24) is 19.8 Å². The van der Waals surface area contributed by atoms with Gasteiger partial charge in [-0.15, -0.1) is 15.3 Å². The lowest BCUT2D eigenvalue weighted by Gasteiger charge is -2.11. The van der Waals surface area contributed by atoms with Gasteiger partial charge in [-0.05, 0) is 23.3 Å². The molecule has 4 rings (SSSR count). The highest BCUT2D eigenvalue weighted by atomic mass is 19.4. The molecule has 0 aliphatic rings. The van der Waals surface area contributed by atoms with Crippen molar-refractivity contribution in [1.29, 1.82) is 0 Å². The van der Waals surface area contributed by atoms with Crippen LogP contribution < -0.4 is 4.74 Å². The zero-order valence-corrected chi connectivity index (χ0v) is 13.9. The first-order chi connectivity index (χ1) is 13.0. The first kappa shape index (κ1) is 17.0. The van der Waals surface area contributed by atoms with E-state index in [0.29, 0.717) is 16.7 Å². The van der Waals surface area contributed by atoms with E-state index >= 15 is 0 Å². The smallest absolute Gasteiger partial charge is 0.437 e. The van der Waals surface area contributed by atoms with Crippen LogP contribution >= 0.6 is 0 Å². The van der Waals surface area contributed by atoms with Crippen molar-refractivity contribution in [3.8, 4) is 11.6 Å². The number of ether oxygens (including phenoxy) is 1. The van der Waals surface area contributed by atoms with Gasteiger partial charge in [-0.3, -0.25) is 0 Å². The Kier molecular flexibility index (Phi) is 4.23. The topological polar surface area (TPSA) is 52.3 Å². The van der Waals surface area contributed by atoms with Gasteiger partial charge in [-0.2, -0.15) is 17.7 Å². The maximum absolute atomic E-state index is 13.0. The fourth-order valence-electron chi connectivity index (χ4n) is 2.68. The number of hydrogen-bond donors (Lipinski definition) is 0. The average molecular weight is 370 g/mol. The third-order valence-electron chi connectivity index (χ3n) is 3.92. The number of rotatable bonds is 4. The minimum Gasteiger partial charge on any atom is -0.437 e. The van der Waals surface area contributed by atoms with Gasteiger partial charge >= 0.3 is 6.18 Å². The Bertz CT molecular complexity index is 1080. The molecule has 0 amide bonds. The van der Waals surface area contributed by atoms with E-state index in [4.69, 9.17) is 4.74 Å². The lowest BCUT2D eigenvalue weighted by molar-refractivity contribution is -0.146. The van der Waals surface area contributed by atoms with Crippen LogP contribution in [0.5, 0.6) is 11.6 Å². The van der Waals surface area contributed by atoms with Gasteiger partial charge in [0, 0.05) is 12.5 Å². The van der Waals surface area contributed by atoms with Gasteiger partial charge in [0.1, 0.15) is 5.75 Å². The lowest BCUT2D eigenvalue weighted by Crippen LogP contribution is -2.12. The molecule has 0 bridgehead atoms. The molecular formula is C19H13F3N4O. The molecule has 0 fully saturated rings. The van der Waals surface area contributed by atoms with Crippen LogP contribution in [0, 0.1) is 0 Å². The Morgan fingerprint density at radius 3 is 2.37 bits per heavy atom. The molecule has 0 saturated carbocycles. The predicted molar refractivity (Wildman–Crippen MR) is 91.5 cm³/mol. The van der Waals surface area contributed by atoms with Crippen molar-refractivity contribution in [3.63, 3.8) is 0 Å². The minimum absolute atomic E-state index is 0.00718. The highest BCUT2D eigenvalue weighted by Gasteiger charge is 2.37. The minimum atomic E-state index is -4.66. The van der Waals surface area contributed by atoms with Crippen LogP contribution in [0.4, 0.5) is 13.2 Å². The van der Waals surface area contributed by atoms with Crippen LogP contribution in [0.3, 0.4) is 0 Å². The molecule has 2 aromatic heterocycles. The Hall–Kier alpha value is -3.42. The summed E-state index contributed by atoms with van der Waals surface area (Å²) in [5.41, 5.74) is 1.98. The van der Waals surface area contributed by atoms with Crippen molar-refractivity contribution in [2.75, 3.05) is 0 Å². The van der Waals surface area contributed by atoms with Gasteiger partial charge < -0.3 is 4.74 Å². The van der Waals surface area contributed by atoms with Gasteiger partial charge in [0.2, 0.25) is 5.88 Å². The molecule has 0 atom stereocenters. The number of nitrogens with zero attached hydrogens (tertiary/aromatic N) is 4. The van der Waals surface area contributed by atoms with Crippen LogP contribution in [0.25, 0.3) is 5.65 Å². The molecule has 136 valence electrons. The predicted octanol–water partition coefficient (Wildman–Crippen LogP) is 4.53.